The van der Waals surface area contributed by atoms with E-state index in [1.54, 1.807) is 0 Å². The molecule has 1 aliphatic rings. The number of rotatable bonds is 6. The molecule has 2 amide bonds. The summed E-state index contributed by atoms with van der Waals surface area (Å²) in [4.78, 5) is 23.4. The maximum absolute atomic E-state index is 13.1. The molecule has 1 aliphatic heterocycles. The first-order valence-corrected chi connectivity index (χ1v) is 7.08. The van der Waals surface area contributed by atoms with Gasteiger partial charge in [-0.3, -0.25) is 9.59 Å². The van der Waals surface area contributed by atoms with Crippen molar-refractivity contribution in [3.05, 3.63) is 0 Å². The van der Waals surface area contributed by atoms with Crippen LogP contribution in [-0.4, -0.2) is 43.7 Å². The Bertz CT molecular complexity index is 379. The van der Waals surface area contributed by atoms with Crippen molar-refractivity contribution in [1.29, 1.82) is 0 Å². The van der Waals surface area contributed by atoms with Crippen molar-refractivity contribution in [2.75, 3.05) is 19.6 Å². The molecule has 0 spiro atoms. The van der Waals surface area contributed by atoms with Crippen molar-refractivity contribution < 1.29 is 22.8 Å². The maximum Gasteiger partial charge on any atom is 0.404 e. The van der Waals surface area contributed by atoms with Gasteiger partial charge < -0.3 is 16.0 Å². The van der Waals surface area contributed by atoms with Crippen LogP contribution in [-0.2, 0) is 9.59 Å². The smallest absolute Gasteiger partial charge is 0.355 e. The third-order valence-corrected chi connectivity index (χ3v) is 3.79. The van der Waals surface area contributed by atoms with Crippen LogP contribution >= 0.6 is 0 Å². The van der Waals surface area contributed by atoms with Gasteiger partial charge in [0, 0.05) is 25.6 Å². The van der Waals surface area contributed by atoms with Gasteiger partial charge in [-0.1, -0.05) is 6.92 Å². The van der Waals surface area contributed by atoms with E-state index < -0.39 is 24.0 Å². The lowest BCUT2D eigenvalue weighted by molar-refractivity contribution is -0.215. The molecule has 122 valence electrons. The molecule has 1 rings (SSSR count). The van der Waals surface area contributed by atoms with Crippen molar-refractivity contribution >= 4 is 11.8 Å². The van der Waals surface area contributed by atoms with Crippen molar-refractivity contribution in [1.82, 2.24) is 16.0 Å². The first kappa shape index (κ1) is 17.7. The van der Waals surface area contributed by atoms with Crippen molar-refractivity contribution in [2.24, 2.45) is 5.41 Å². The number of carbonyl (C=O) groups is 2. The van der Waals surface area contributed by atoms with E-state index in [1.807, 2.05) is 13.8 Å². The zero-order valence-corrected chi connectivity index (χ0v) is 12.3. The molecule has 0 radical (unpaired) electrons. The number of amides is 2. The molecule has 0 aromatic carbocycles. The number of alkyl halides is 3. The van der Waals surface area contributed by atoms with Gasteiger partial charge >= 0.3 is 6.18 Å². The second-order valence-corrected chi connectivity index (χ2v) is 5.39. The maximum atomic E-state index is 13.1. The van der Waals surface area contributed by atoms with Gasteiger partial charge in [0.15, 0.2) is 5.41 Å². The minimum atomic E-state index is -4.60. The second-order valence-electron chi connectivity index (χ2n) is 5.39. The minimum Gasteiger partial charge on any atom is -0.355 e. The molecule has 2 unspecified atom stereocenters. The number of hydrogen-bond acceptors (Lipinski definition) is 3. The molecule has 1 saturated heterocycles. The number of carbonyl (C=O) groups excluding carboxylic acids is 2. The Morgan fingerprint density at radius 3 is 2.52 bits per heavy atom. The Kier molecular flexibility index (Phi) is 6.00. The highest BCUT2D eigenvalue weighted by Gasteiger charge is 2.61. The van der Waals surface area contributed by atoms with Gasteiger partial charge in [0.1, 0.15) is 0 Å². The molecule has 0 aromatic rings. The lowest BCUT2D eigenvalue weighted by atomic mass is 9.85. The molecule has 0 aliphatic carbocycles. The van der Waals surface area contributed by atoms with Crippen LogP contribution < -0.4 is 16.0 Å². The Morgan fingerprint density at radius 2 is 2.05 bits per heavy atom. The fourth-order valence-corrected chi connectivity index (χ4v) is 2.16. The predicted octanol–water partition coefficient (Wildman–Crippen LogP) is 0.949. The normalized spacial score (nSPS) is 23.7. The molecule has 5 nitrogen and oxygen atoms in total. The Labute approximate surface area is 122 Å². The molecular formula is C13H22F3N3O2. The van der Waals surface area contributed by atoms with Crippen molar-refractivity contribution in [3.8, 4) is 0 Å². The summed E-state index contributed by atoms with van der Waals surface area (Å²) in [5.74, 6) is -1.34. The van der Waals surface area contributed by atoms with Gasteiger partial charge in [0.05, 0.1) is 0 Å². The van der Waals surface area contributed by atoms with Crippen LogP contribution in [0.5, 0.6) is 0 Å². The summed E-state index contributed by atoms with van der Waals surface area (Å²) >= 11 is 0. The highest BCUT2D eigenvalue weighted by atomic mass is 19.4. The first-order valence-electron chi connectivity index (χ1n) is 7.08. The van der Waals surface area contributed by atoms with Crippen LogP contribution in [0, 0.1) is 5.41 Å². The molecular weight excluding hydrogens is 287 g/mol. The van der Waals surface area contributed by atoms with E-state index in [9.17, 15) is 22.8 Å². The molecule has 1 heterocycles. The third-order valence-electron chi connectivity index (χ3n) is 3.79. The number of hydrogen-bond donors (Lipinski definition) is 3. The SMILES string of the molecule is CCC(C)NC(=O)CCNC(=O)C1(C(F)(F)F)CCNC1. The standard InChI is InChI=1S/C13H22F3N3O2/c1-3-9(2)19-10(20)4-6-18-11(21)12(13(14,15)16)5-7-17-8-12/h9,17H,3-8H2,1-2H3,(H,18,21)(H,19,20). The number of nitrogens with one attached hydrogen (secondary N) is 3. The molecule has 2 atom stereocenters. The molecule has 0 saturated carbocycles. The van der Waals surface area contributed by atoms with Crippen LogP contribution in [0.2, 0.25) is 0 Å². The summed E-state index contributed by atoms with van der Waals surface area (Å²) in [7, 11) is 0. The molecule has 8 heteroatoms. The van der Waals surface area contributed by atoms with Crippen LogP contribution in [0.3, 0.4) is 0 Å². The third kappa shape index (κ3) is 4.33. The van der Waals surface area contributed by atoms with Gasteiger partial charge in [-0.25, -0.2) is 0 Å². The van der Waals surface area contributed by atoms with Gasteiger partial charge in [-0.2, -0.15) is 13.2 Å². The van der Waals surface area contributed by atoms with Crippen LogP contribution in [0.4, 0.5) is 13.2 Å². The van der Waals surface area contributed by atoms with E-state index in [-0.39, 0.29) is 37.9 Å². The molecule has 0 aromatic heterocycles. The average Bonchev–Trinajstić information content (AvgIpc) is 2.88. The summed E-state index contributed by atoms with van der Waals surface area (Å²) in [5, 5.41) is 7.50. The lowest BCUT2D eigenvalue weighted by Crippen LogP contribution is -2.52. The fraction of sp³-hybridized carbons (Fsp3) is 0.846. The van der Waals surface area contributed by atoms with Gasteiger partial charge in [-0.15, -0.1) is 0 Å². The Balaban J connectivity index is 2.47. The summed E-state index contributed by atoms with van der Waals surface area (Å²) in [6.45, 7) is 3.38. The quantitative estimate of drug-likeness (QED) is 0.684. The zero-order valence-electron chi connectivity index (χ0n) is 12.3. The van der Waals surface area contributed by atoms with Gasteiger partial charge in [-0.05, 0) is 26.3 Å². The van der Waals surface area contributed by atoms with E-state index >= 15 is 0 Å². The first-order chi connectivity index (χ1) is 9.73. The average molecular weight is 309 g/mol. The van der Waals surface area contributed by atoms with Gasteiger partial charge in [0.25, 0.3) is 0 Å². The van der Waals surface area contributed by atoms with Crippen molar-refractivity contribution in [3.63, 3.8) is 0 Å². The zero-order chi connectivity index (χ0) is 16.1. The Hall–Kier alpha value is -1.31. The topological polar surface area (TPSA) is 70.2 Å². The fourth-order valence-electron chi connectivity index (χ4n) is 2.16. The summed E-state index contributed by atoms with van der Waals surface area (Å²) in [5.41, 5.74) is -2.37. The molecule has 21 heavy (non-hydrogen) atoms. The van der Waals surface area contributed by atoms with E-state index in [2.05, 4.69) is 16.0 Å². The number of halogens is 3. The predicted molar refractivity (Wildman–Crippen MR) is 71.5 cm³/mol. The molecule has 1 fully saturated rings. The molecule has 3 N–H and O–H groups in total. The summed E-state index contributed by atoms with van der Waals surface area (Å²) < 4.78 is 39.3. The van der Waals surface area contributed by atoms with Crippen molar-refractivity contribution in [2.45, 2.75) is 45.3 Å². The summed E-state index contributed by atoms with van der Waals surface area (Å²) in [6.07, 6.45) is -4.14. The monoisotopic (exact) mass is 309 g/mol. The highest BCUT2D eigenvalue weighted by Crippen LogP contribution is 2.43. The second kappa shape index (κ2) is 7.11. The highest BCUT2D eigenvalue weighted by molar-refractivity contribution is 5.85. The van der Waals surface area contributed by atoms with Crippen LogP contribution in [0.25, 0.3) is 0 Å². The summed E-state index contributed by atoms with van der Waals surface area (Å²) in [6, 6.07) is 0.00810. The van der Waals surface area contributed by atoms with E-state index in [0.717, 1.165) is 6.42 Å². The Morgan fingerprint density at radius 1 is 1.38 bits per heavy atom. The minimum absolute atomic E-state index is 0.00810. The molecule has 0 bridgehead atoms. The lowest BCUT2D eigenvalue weighted by Gasteiger charge is -2.29. The van der Waals surface area contributed by atoms with E-state index in [4.69, 9.17) is 0 Å². The van der Waals surface area contributed by atoms with E-state index in [0.29, 0.717) is 0 Å². The van der Waals surface area contributed by atoms with Gasteiger partial charge in [0.2, 0.25) is 11.8 Å². The van der Waals surface area contributed by atoms with Crippen LogP contribution in [0.1, 0.15) is 33.1 Å². The van der Waals surface area contributed by atoms with Crippen LogP contribution in [0.15, 0.2) is 0 Å². The largest absolute Gasteiger partial charge is 0.404 e. The van der Waals surface area contributed by atoms with E-state index in [1.165, 1.54) is 0 Å².